The van der Waals surface area contributed by atoms with Crippen molar-refractivity contribution >= 4 is 44.7 Å². The highest BCUT2D eigenvalue weighted by Crippen LogP contribution is 2.44. The molecule has 14 heteroatoms. The average Bonchev–Trinajstić information content (AvgIpc) is 2.99. The molecule has 1 aliphatic carbocycles. The van der Waals surface area contributed by atoms with Gasteiger partial charge in [-0.2, -0.15) is 4.31 Å². The summed E-state index contributed by atoms with van der Waals surface area (Å²) in [5.74, 6) is -1.94. The van der Waals surface area contributed by atoms with Crippen molar-refractivity contribution in [2.45, 2.75) is 49.8 Å². The number of aromatic carboxylic acids is 1. The number of nitrogens with zero attached hydrogens (tertiary/aromatic N) is 1. The van der Waals surface area contributed by atoms with Gasteiger partial charge in [0.25, 0.3) is 0 Å². The van der Waals surface area contributed by atoms with Gasteiger partial charge in [0.1, 0.15) is 10.7 Å². The highest BCUT2D eigenvalue weighted by atomic mass is 32.2. The molecular weight excluding hydrogens is 616 g/mol. The van der Waals surface area contributed by atoms with Crippen molar-refractivity contribution < 1.29 is 42.5 Å². The summed E-state index contributed by atoms with van der Waals surface area (Å²) in [5.41, 5.74) is 7.40. The summed E-state index contributed by atoms with van der Waals surface area (Å²) in [5, 5.41) is 38.6. The quantitative estimate of drug-likeness (QED) is 0.0537. The molecule has 0 radical (unpaired) electrons. The number of sulfonamides is 1. The van der Waals surface area contributed by atoms with Crippen LogP contribution in [0.15, 0.2) is 63.9 Å². The zero-order valence-electron chi connectivity index (χ0n) is 25.0. The maximum atomic E-state index is 14.4. The number of carboxylic acid groups (broad SMARTS) is 3. The topological polar surface area (TPSA) is 224 Å². The van der Waals surface area contributed by atoms with Crippen LogP contribution in [-0.2, 0) is 14.8 Å². The predicted molar refractivity (Wildman–Crippen MR) is 170 cm³/mol. The number of anilines is 1. The molecule has 13 nitrogen and oxygen atoms in total. The summed E-state index contributed by atoms with van der Waals surface area (Å²) in [7, 11) is -4.35. The molecular formula is C32H36N4O9S. The molecule has 244 valence electrons. The van der Waals surface area contributed by atoms with Crippen LogP contribution in [0, 0.1) is 5.41 Å². The molecule has 0 aromatic heterocycles. The minimum absolute atomic E-state index is 0.00661. The number of aliphatic carboxylic acids is 1. The second-order valence-corrected chi connectivity index (χ2v) is 12.7. The summed E-state index contributed by atoms with van der Waals surface area (Å²) in [4.78, 5) is 33.6. The van der Waals surface area contributed by atoms with Gasteiger partial charge in [0.2, 0.25) is 10.0 Å². The fraction of sp³-hybridized carbons (Fsp3) is 0.312. The second kappa shape index (κ2) is 14.9. The molecule has 2 aliphatic rings. The van der Waals surface area contributed by atoms with Gasteiger partial charge in [-0.25, -0.2) is 18.0 Å². The first-order valence-electron chi connectivity index (χ1n) is 14.8. The molecule has 46 heavy (non-hydrogen) atoms. The molecule has 7 N–H and O–H groups in total. The fourth-order valence-corrected chi connectivity index (χ4v) is 7.14. The van der Waals surface area contributed by atoms with E-state index < -0.39 is 28.1 Å². The Morgan fingerprint density at radius 3 is 2.24 bits per heavy atom. The number of carboxylic acids is 2. The number of amides is 1. The molecule has 0 bridgehead atoms. The fourth-order valence-electron chi connectivity index (χ4n) is 5.40. The molecule has 1 amide bonds. The molecule has 0 saturated carbocycles. The molecule has 0 spiro atoms. The Bertz CT molecular complexity index is 1890. The zero-order chi connectivity index (χ0) is 33.4. The molecule has 1 heterocycles. The van der Waals surface area contributed by atoms with Crippen LogP contribution in [0.1, 0.15) is 55.3 Å². The summed E-state index contributed by atoms with van der Waals surface area (Å²) >= 11 is 0. The maximum Gasteiger partial charge on any atom is 0.404 e. The number of fused-ring (bicyclic) bond motifs is 2. The highest BCUT2D eigenvalue weighted by Gasteiger charge is 2.32. The third-order valence-electron chi connectivity index (χ3n) is 7.56. The standard InChI is InChI=1S/C32H36N4O9S/c33-20-12-13-23-26(19-20)45-29-24(28(23)21-9-4-5-10-22(21)31(39)40)14-15-25(34)30(29)46(43,44)36(17-7-1-3-11-27(37)38)18-8-2-6-16-35-32(41)42/h4-5,9-10,12-15,19,33,35H,1-3,6-8,11,16-18,34H2,(H,37,38)(H,39,40)(H,41,42). The third kappa shape index (κ3) is 7.82. The smallest absolute Gasteiger partial charge is 0.404 e. The van der Waals surface area contributed by atoms with E-state index in [4.69, 9.17) is 25.8 Å². The van der Waals surface area contributed by atoms with Crippen molar-refractivity contribution in [2.75, 3.05) is 25.4 Å². The van der Waals surface area contributed by atoms with Gasteiger partial charge in [0.05, 0.1) is 16.6 Å². The third-order valence-corrected chi connectivity index (χ3v) is 9.54. The lowest BCUT2D eigenvalue weighted by Crippen LogP contribution is -2.34. The largest absolute Gasteiger partial charge is 0.481 e. The minimum Gasteiger partial charge on any atom is -0.481 e. The molecule has 4 rings (SSSR count). The Morgan fingerprint density at radius 1 is 0.870 bits per heavy atom. The van der Waals surface area contributed by atoms with E-state index in [2.05, 4.69) is 5.32 Å². The first-order valence-corrected chi connectivity index (χ1v) is 16.2. The molecule has 2 aromatic rings. The van der Waals surface area contributed by atoms with Crippen LogP contribution in [0.2, 0.25) is 0 Å². The highest BCUT2D eigenvalue weighted by molar-refractivity contribution is 7.89. The van der Waals surface area contributed by atoms with Gasteiger partial charge in [0, 0.05) is 48.6 Å². The second-order valence-electron chi connectivity index (χ2n) is 10.8. The van der Waals surface area contributed by atoms with Crippen LogP contribution in [-0.4, -0.2) is 65.7 Å². The summed E-state index contributed by atoms with van der Waals surface area (Å²) < 4.78 is 36.4. The Kier molecular flexibility index (Phi) is 11.0. The first-order chi connectivity index (χ1) is 21.9. The Balaban J connectivity index is 1.85. The number of nitrogens with two attached hydrogens (primary N) is 1. The van der Waals surface area contributed by atoms with Gasteiger partial charge in [-0.15, -0.1) is 0 Å². The predicted octanol–water partition coefficient (Wildman–Crippen LogP) is 5.04. The molecule has 0 fully saturated rings. The van der Waals surface area contributed by atoms with Crippen molar-refractivity contribution in [3.63, 3.8) is 0 Å². The number of hydrogen-bond acceptors (Lipinski definition) is 8. The lowest BCUT2D eigenvalue weighted by atomic mass is 9.90. The van der Waals surface area contributed by atoms with E-state index in [0.717, 1.165) is 0 Å². The van der Waals surface area contributed by atoms with E-state index in [0.29, 0.717) is 60.6 Å². The lowest BCUT2D eigenvalue weighted by molar-refractivity contribution is -0.137. The van der Waals surface area contributed by atoms with E-state index in [9.17, 15) is 27.9 Å². The van der Waals surface area contributed by atoms with Gasteiger partial charge >= 0.3 is 18.0 Å². The van der Waals surface area contributed by atoms with Crippen LogP contribution < -0.4 is 16.4 Å². The van der Waals surface area contributed by atoms with Crippen LogP contribution in [0.25, 0.3) is 33.4 Å². The van der Waals surface area contributed by atoms with Crippen molar-refractivity contribution in [1.82, 2.24) is 9.62 Å². The SMILES string of the molecule is N=c1ccc2c(-c3ccccc3C(=O)O)c3ccc(N)c(S(=O)(=O)N(CCCCCNC(=O)O)CCCCCC(=O)O)c3oc-2c1. The molecule has 2 aromatic carbocycles. The van der Waals surface area contributed by atoms with E-state index in [1.807, 2.05) is 0 Å². The number of nitrogens with one attached hydrogen (secondary N) is 2. The Hall–Kier alpha value is -4.95. The number of hydrogen-bond donors (Lipinski definition) is 6. The summed E-state index contributed by atoms with van der Waals surface area (Å²) in [6.45, 7) is 0.381. The van der Waals surface area contributed by atoms with Gasteiger partial charge < -0.3 is 36.2 Å². The van der Waals surface area contributed by atoms with Crippen LogP contribution in [0.3, 0.4) is 0 Å². The van der Waals surface area contributed by atoms with Crippen molar-refractivity contribution in [1.29, 1.82) is 5.41 Å². The number of carbonyl (C=O) groups is 3. The van der Waals surface area contributed by atoms with Gasteiger partial charge in [0.15, 0.2) is 5.58 Å². The van der Waals surface area contributed by atoms with E-state index in [-0.39, 0.29) is 58.9 Å². The van der Waals surface area contributed by atoms with Crippen LogP contribution >= 0.6 is 0 Å². The van der Waals surface area contributed by atoms with E-state index in [1.54, 1.807) is 30.3 Å². The molecule has 0 atom stereocenters. The molecule has 1 aliphatic heterocycles. The molecule has 0 saturated heterocycles. The number of unbranched alkanes of at least 4 members (excludes halogenated alkanes) is 4. The van der Waals surface area contributed by atoms with Crippen molar-refractivity contribution in [3.8, 4) is 22.5 Å². The number of nitrogen functional groups attached to an aromatic ring is 1. The summed E-state index contributed by atoms with van der Waals surface area (Å²) in [6, 6.07) is 13.9. The average molecular weight is 653 g/mol. The number of rotatable bonds is 16. The van der Waals surface area contributed by atoms with Gasteiger partial charge in [-0.3, -0.25) is 4.79 Å². The zero-order valence-corrected chi connectivity index (χ0v) is 25.8. The normalized spacial score (nSPS) is 11.7. The van der Waals surface area contributed by atoms with E-state index >= 15 is 0 Å². The minimum atomic E-state index is -4.35. The monoisotopic (exact) mass is 652 g/mol. The first kappa shape index (κ1) is 33.9. The maximum absolute atomic E-state index is 14.4. The van der Waals surface area contributed by atoms with Crippen molar-refractivity contribution in [2.24, 2.45) is 0 Å². The Labute approximate surface area is 265 Å². The van der Waals surface area contributed by atoms with Gasteiger partial charge in [-0.1, -0.05) is 31.0 Å². The van der Waals surface area contributed by atoms with Crippen molar-refractivity contribution in [3.05, 3.63) is 65.5 Å². The van der Waals surface area contributed by atoms with Gasteiger partial charge in [-0.05, 0) is 61.6 Å². The van der Waals surface area contributed by atoms with Crippen LogP contribution in [0.5, 0.6) is 0 Å². The summed E-state index contributed by atoms with van der Waals surface area (Å²) in [6.07, 6.45) is 1.51. The molecule has 0 unspecified atom stereocenters. The number of benzene rings is 3. The van der Waals surface area contributed by atoms with E-state index in [1.165, 1.54) is 28.6 Å². The Morgan fingerprint density at radius 2 is 1.57 bits per heavy atom. The van der Waals surface area contributed by atoms with Crippen LogP contribution in [0.4, 0.5) is 10.5 Å². The lowest BCUT2D eigenvalue weighted by Gasteiger charge is -2.25.